The van der Waals surface area contributed by atoms with Crippen molar-refractivity contribution in [3.63, 3.8) is 0 Å². The van der Waals surface area contributed by atoms with Crippen LogP contribution in [0, 0.1) is 5.92 Å². The lowest BCUT2D eigenvalue weighted by Gasteiger charge is -2.38. The quantitative estimate of drug-likeness (QED) is 0.847. The Balaban J connectivity index is 1.30. The topological polar surface area (TPSA) is 49.9 Å². The Morgan fingerprint density at radius 1 is 1.08 bits per heavy atom. The summed E-state index contributed by atoms with van der Waals surface area (Å²) in [6.45, 7) is 3.42. The van der Waals surface area contributed by atoms with E-state index in [-0.39, 0.29) is 11.8 Å². The fourth-order valence-electron chi connectivity index (χ4n) is 3.73. The van der Waals surface area contributed by atoms with Crippen LogP contribution in [0.2, 0.25) is 0 Å². The normalized spacial score (nSPS) is 20.3. The zero-order valence-corrected chi connectivity index (χ0v) is 14.0. The number of carbonyl (C=O) groups is 2. The van der Waals surface area contributed by atoms with E-state index in [0.717, 1.165) is 37.2 Å². The van der Waals surface area contributed by atoms with Crippen molar-refractivity contribution in [3.8, 4) is 5.75 Å². The van der Waals surface area contributed by atoms with Gasteiger partial charge in [-0.25, -0.2) is 0 Å². The molecule has 128 valence electrons. The number of nitrogens with zero attached hydrogens (tertiary/aromatic N) is 2. The summed E-state index contributed by atoms with van der Waals surface area (Å²) in [4.78, 5) is 28.6. The molecule has 5 heteroatoms. The number of amides is 2. The van der Waals surface area contributed by atoms with Crippen molar-refractivity contribution in [2.75, 3.05) is 32.8 Å². The molecule has 0 N–H and O–H groups in total. The van der Waals surface area contributed by atoms with Gasteiger partial charge < -0.3 is 14.5 Å². The molecule has 4 rings (SSSR count). The largest absolute Gasteiger partial charge is 0.493 e. The molecule has 24 heavy (non-hydrogen) atoms. The van der Waals surface area contributed by atoms with E-state index in [2.05, 4.69) is 6.07 Å². The molecule has 3 aliphatic rings. The van der Waals surface area contributed by atoms with E-state index in [0.29, 0.717) is 38.5 Å². The summed E-state index contributed by atoms with van der Waals surface area (Å²) >= 11 is 0. The summed E-state index contributed by atoms with van der Waals surface area (Å²) in [5.41, 5.74) is 2.26. The molecule has 2 amide bonds. The average Bonchev–Trinajstić information content (AvgIpc) is 3.01. The minimum atomic E-state index is 0.157. The third kappa shape index (κ3) is 2.99. The first-order chi connectivity index (χ1) is 11.7. The monoisotopic (exact) mass is 328 g/mol. The molecule has 0 bridgehead atoms. The molecule has 0 spiro atoms. The number of rotatable bonds is 3. The molecule has 2 heterocycles. The van der Waals surface area contributed by atoms with Gasteiger partial charge in [-0.05, 0) is 30.0 Å². The van der Waals surface area contributed by atoms with Crippen LogP contribution in [0.3, 0.4) is 0 Å². The maximum atomic E-state index is 12.5. The number of benzene rings is 1. The highest BCUT2D eigenvalue weighted by molar-refractivity contribution is 5.81. The molecule has 0 aromatic heterocycles. The van der Waals surface area contributed by atoms with Gasteiger partial charge in [-0.1, -0.05) is 18.6 Å². The molecule has 1 saturated heterocycles. The Labute approximate surface area is 142 Å². The smallest absolute Gasteiger partial charge is 0.227 e. The molecule has 1 aromatic carbocycles. The second kappa shape index (κ2) is 6.46. The first-order valence-electron chi connectivity index (χ1n) is 9.02. The highest BCUT2D eigenvalue weighted by atomic mass is 16.5. The van der Waals surface area contributed by atoms with Crippen molar-refractivity contribution in [3.05, 3.63) is 29.3 Å². The van der Waals surface area contributed by atoms with Crippen LogP contribution in [-0.2, 0) is 22.4 Å². The molecule has 1 saturated carbocycles. The van der Waals surface area contributed by atoms with Gasteiger partial charge in [0.2, 0.25) is 11.8 Å². The SMILES string of the molecule is O=C(Cc1ccc2c(c1)CCO2)N1CCN(C(=O)C2CCC2)CC1. The van der Waals surface area contributed by atoms with E-state index >= 15 is 0 Å². The Morgan fingerprint density at radius 2 is 1.83 bits per heavy atom. The molecule has 2 aliphatic heterocycles. The highest BCUT2D eigenvalue weighted by Gasteiger charge is 2.32. The number of carbonyl (C=O) groups excluding carboxylic acids is 2. The minimum absolute atomic E-state index is 0.157. The summed E-state index contributed by atoms with van der Waals surface area (Å²) in [7, 11) is 0. The predicted octanol–water partition coefficient (Wildman–Crippen LogP) is 1.63. The van der Waals surface area contributed by atoms with E-state index in [1.807, 2.05) is 21.9 Å². The maximum absolute atomic E-state index is 12.5. The predicted molar refractivity (Wildman–Crippen MR) is 89.8 cm³/mol. The fourth-order valence-corrected chi connectivity index (χ4v) is 3.73. The van der Waals surface area contributed by atoms with E-state index in [9.17, 15) is 9.59 Å². The van der Waals surface area contributed by atoms with E-state index in [4.69, 9.17) is 4.74 Å². The van der Waals surface area contributed by atoms with Crippen LogP contribution in [0.5, 0.6) is 5.75 Å². The van der Waals surface area contributed by atoms with Crippen molar-refractivity contribution >= 4 is 11.8 Å². The lowest BCUT2D eigenvalue weighted by atomic mass is 9.84. The van der Waals surface area contributed by atoms with E-state index in [1.165, 1.54) is 12.0 Å². The van der Waals surface area contributed by atoms with Gasteiger partial charge in [0, 0.05) is 38.5 Å². The Bertz CT molecular complexity index is 646. The third-order valence-corrected chi connectivity index (χ3v) is 5.51. The Morgan fingerprint density at radius 3 is 2.54 bits per heavy atom. The first kappa shape index (κ1) is 15.5. The lowest BCUT2D eigenvalue weighted by Crippen LogP contribution is -2.52. The van der Waals surface area contributed by atoms with Crippen LogP contribution in [0.1, 0.15) is 30.4 Å². The van der Waals surface area contributed by atoms with Crippen molar-refractivity contribution in [2.45, 2.75) is 32.1 Å². The molecular formula is C19H24N2O3. The molecule has 1 aliphatic carbocycles. The van der Waals surface area contributed by atoms with Gasteiger partial charge in [-0.2, -0.15) is 0 Å². The summed E-state index contributed by atoms with van der Waals surface area (Å²) < 4.78 is 5.51. The van der Waals surface area contributed by atoms with Gasteiger partial charge in [0.25, 0.3) is 0 Å². The van der Waals surface area contributed by atoms with Crippen molar-refractivity contribution in [2.24, 2.45) is 5.92 Å². The average molecular weight is 328 g/mol. The molecule has 2 fully saturated rings. The molecule has 0 radical (unpaired) electrons. The minimum Gasteiger partial charge on any atom is -0.493 e. The van der Waals surface area contributed by atoms with Crippen LogP contribution >= 0.6 is 0 Å². The number of ether oxygens (including phenoxy) is 1. The number of hydrogen-bond donors (Lipinski definition) is 0. The zero-order valence-electron chi connectivity index (χ0n) is 14.0. The van der Waals surface area contributed by atoms with Crippen molar-refractivity contribution in [1.82, 2.24) is 9.80 Å². The van der Waals surface area contributed by atoms with Gasteiger partial charge >= 0.3 is 0 Å². The van der Waals surface area contributed by atoms with E-state index < -0.39 is 0 Å². The Hall–Kier alpha value is -2.04. The molecule has 0 atom stereocenters. The highest BCUT2D eigenvalue weighted by Crippen LogP contribution is 2.29. The second-order valence-electron chi connectivity index (χ2n) is 7.05. The van der Waals surface area contributed by atoms with Crippen LogP contribution in [-0.4, -0.2) is 54.4 Å². The number of fused-ring (bicyclic) bond motifs is 1. The van der Waals surface area contributed by atoms with Gasteiger partial charge in [-0.3, -0.25) is 9.59 Å². The van der Waals surface area contributed by atoms with Crippen LogP contribution in [0.4, 0.5) is 0 Å². The van der Waals surface area contributed by atoms with Crippen molar-refractivity contribution in [1.29, 1.82) is 0 Å². The summed E-state index contributed by atoms with van der Waals surface area (Å²) in [5, 5.41) is 0. The fraction of sp³-hybridized carbons (Fsp3) is 0.579. The third-order valence-electron chi connectivity index (χ3n) is 5.51. The molecule has 1 aromatic rings. The molecular weight excluding hydrogens is 304 g/mol. The Kier molecular flexibility index (Phi) is 4.17. The first-order valence-corrected chi connectivity index (χ1v) is 9.02. The standard InChI is InChI=1S/C19H24N2O3/c22-18(13-14-4-5-17-16(12-14)6-11-24-17)20-7-9-21(10-8-20)19(23)15-2-1-3-15/h4-5,12,15H,1-3,6-11,13H2. The summed E-state index contributed by atoms with van der Waals surface area (Å²) in [5.74, 6) is 1.66. The van der Waals surface area contributed by atoms with Gasteiger partial charge in [0.1, 0.15) is 5.75 Å². The van der Waals surface area contributed by atoms with E-state index in [1.54, 1.807) is 0 Å². The molecule has 0 unspecified atom stereocenters. The van der Waals surface area contributed by atoms with Gasteiger partial charge in [0.15, 0.2) is 0 Å². The summed E-state index contributed by atoms with van der Waals surface area (Å²) in [6, 6.07) is 6.05. The number of piperazine rings is 1. The van der Waals surface area contributed by atoms with Crippen LogP contribution < -0.4 is 4.74 Å². The summed E-state index contributed by atoms with van der Waals surface area (Å²) in [6.07, 6.45) is 4.63. The lowest BCUT2D eigenvalue weighted by molar-refractivity contribution is -0.143. The van der Waals surface area contributed by atoms with Crippen molar-refractivity contribution < 1.29 is 14.3 Å². The second-order valence-corrected chi connectivity index (χ2v) is 7.05. The number of hydrogen-bond acceptors (Lipinski definition) is 3. The molecule has 5 nitrogen and oxygen atoms in total. The van der Waals surface area contributed by atoms with Gasteiger partial charge in [-0.15, -0.1) is 0 Å². The van der Waals surface area contributed by atoms with Crippen LogP contribution in [0.15, 0.2) is 18.2 Å². The van der Waals surface area contributed by atoms with Gasteiger partial charge in [0.05, 0.1) is 13.0 Å². The zero-order chi connectivity index (χ0) is 16.5. The van der Waals surface area contributed by atoms with Crippen LogP contribution in [0.25, 0.3) is 0 Å². The maximum Gasteiger partial charge on any atom is 0.227 e.